The number of phenols is 1. The number of likely N-dealkylation sites (N-methyl/N-ethyl adjacent to an activating group) is 1. The van der Waals surface area contributed by atoms with Crippen molar-refractivity contribution in [3.63, 3.8) is 0 Å². The van der Waals surface area contributed by atoms with Crippen LogP contribution in [0.15, 0.2) is 18.2 Å². The van der Waals surface area contributed by atoms with Crippen LogP contribution < -0.4 is 0 Å². The Hall–Kier alpha value is -1.07. The van der Waals surface area contributed by atoms with E-state index in [2.05, 4.69) is 15.9 Å². The molecule has 0 aliphatic heterocycles. The molecule has 0 saturated heterocycles. The Morgan fingerprint density at radius 1 is 1.44 bits per heavy atom. The number of hydrogen-bond acceptors (Lipinski definition) is 3. The number of aryl methyl sites for hydroxylation is 1. The first-order valence-corrected chi connectivity index (χ1v) is 6.87. The van der Waals surface area contributed by atoms with Gasteiger partial charge in [-0.05, 0) is 30.7 Å². The molecule has 4 nitrogen and oxygen atoms in total. The molecular formula is C13H18BrNO3. The monoisotopic (exact) mass is 315 g/mol. The molecular weight excluding hydrogens is 298 g/mol. The molecule has 0 aliphatic carbocycles. The zero-order valence-corrected chi connectivity index (χ0v) is 12.2. The summed E-state index contributed by atoms with van der Waals surface area (Å²) in [5.74, 6) is 0.135. The number of benzene rings is 1. The van der Waals surface area contributed by atoms with Crippen molar-refractivity contribution in [2.75, 3.05) is 32.1 Å². The van der Waals surface area contributed by atoms with Crippen LogP contribution in [-0.4, -0.2) is 48.0 Å². The minimum Gasteiger partial charge on any atom is -0.508 e. The first kappa shape index (κ1) is 15.0. The van der Waals surface area contributed by atoms with E-state index < -0.39 is 0 Å². The van der Waals surface area contributed by atoms with Crippen LogP contribution in [0.3, 0.4) is 0 Å². The minimum absolute atomic E-state index is 0.0689. The van der Waals surface area contributed by atoms with E-state index in [1.807, 2.05) is 0 Å². The van der Waals surface area contributed by atoms with E-state index in [0.29, 0.717) is 30.9 Å². The molecule has 0 heterocycles. The second-order valence-electron chi connectivity index (χ2n) is 4.03. The SMILES string of the molecule is Cc1cc(C(=O)N(C)CCOCCBr)ccc1O. The highest BCUT2D eigenvalue weighted by molar-refractivity contribution is 9.09. The number of nitrogens with zero attached hydrogens (tertiary/aromatic N) is 1. The number of aromatic hydroxyl groups is 1. The Kier molecular flexibility index (Phi) is 6.15. The van der Waals surface area contributed by atoms with Gasteiger partial charge < -0.3 is 14.7 Å². The van der Waals surface area contributed by atoms with Crippen LogP contribution in [0.5, 0.6) is 5.75 Å². The standard InChI is InChI=1S/C13H18BrNO3/c1-10-9-11(3-4-12(10)16)13(17)15(2)6-8-18-7-5-14/h3-4,9,16H,5-8H2,1-2H3. The van der Waals surface area contributed by atoms with Crippen LogP contribution >= 0.6 is 15.9 Å². The lowest BCUT2D eigenvalue weighted by Gasteiger charge is -2.17. The maximum atomic E-state index is 12.1. The molecule has 0 bridgehead atoms. The Morgan fingerprint density at radius 2 is 2.17 bits per heavy atom. The van der Waals surface area contributed by atoms with Gasteiger partial charge in [-0.1, -0.05) is 15.9 Å². The molecule has 100 valence electrons. The molecule has 1 aromatic rings. The summed E-state index contributed by atoms with van der Waals surface area (Å²) < 4.78 is 5.30. The van der Waals surface area contributed by atoms with Crippen LogP contribution in [0.4, 0.5) is 0 Å². The zero-order valence-electron chi connectivity index (χ0n) is 10.6. The number of rotatable bonds is 6. The first-order chi connectivity index (χ1) is 8.56. The topological polar surface area (TPSA) is 49.8 Å². The quantitative estimate of drug-likeness (QED) is 0.646. The summed E-state index contributed by atoms with van der Waals surface area (Å²) in [6.07, 6.45) is 0. The largest absolute Gasteiger partial charge is 0.508 e. The third kappa shape index (κ3) is 4.31. The molecule has 5 heteroatoms. The van der Waals surface area contributed by atoms with E-state index in [1.54, 1.807) is 31.0 Å². The van der Waals surface area contributed by atoms with Crippen molar-refractivity contribution in [1.29, 1.82) is 0 Å². The Balaban J connectivity index is 2.54. The number of carbonyl (C=O) groups is 1. The average molecular weight is 316 g/mol. The molecule has 18 heavy (non-hydrogen) atoms. The maximum absolute atomic E-state index is 12.1. The summed E-state index contributed by atoms with van der Waals surface area (Å²) in [7, 11) is 1.74. The molecule has 0 aliphatic rings. The third-order valence-corrected chi connectivity index (χ3v) is 2.91. The summed E-state index contributed by atoms with van der Waals surface area (Å²) >= 11 is 3.27. The molecule has 1 rings (SSSR count). The van der Waals surface area contributed by atoms with Crippen LogP contribution in [0.1, 0.15) is 15.9 Å². The van der Waals surface area contributed by atoms with Gasteiger partial charge in [0.25, 0.3) is 5.91 Å². The van der Waals surface area contributed by atoms with Crippen molar-refractivity contribution in [2.24, 2.45) is 0 Å². The lowest BCUT2D eigenvalue weighted by molar-refractivity contribution is 0.0713. The molecule has 0 aromatic heterocycles. The third-order valence-electron chi connectivity index (χ3n) is 2.58. The number of phenolic OH excluding ortho intramolecular Hbond substituents is 1. The predicted octanol–water partition coefficient (Wildman–Crippen LogP) is 2.18. The number of amides is 1. The molecule has 0 fully saturated rings. The van der Waals surface area contributed by atoms with Crippen molar-refractivity contribution in [1.82, 2.24) is 4.90 Å². The van der Waals surface area contributed by atoms with Gasteiger partial charge in [0, 0.05) is 24.5 Å². The highest BCUT2D eigenvalue weighted by Crippen LogP contribution is 2.17. The second-order valence-corrected chi connectivity index (χ2v) is 4.82. The van der Waals surface area contributed by atoms with Crippen LogP contribution in [0.2, 0.25) is 0 Å². The smallest absolute Gasteiger partial charge is 0.253 e. The second kappa shape index (κ2) is 7.38. The van der Waals surface area contributed by atoms with Gasteiger partial charge >= 0.3 is 0 Å². The lowest BCUT2D eigenvalue weighted by atomic mass is 10.1. The van der Waals surface area contributed by atoms with Crippen molar-refractivity contribution in [3.05, 3.63) is 29.3 Å². The Labute approximate surface area is 116 Å². The molecule has 1 aromatic carbocycles. The number of hydrogen-bond donors (Lipinski definition) is 1. The Morgan fingerprint density at radius 3 is 2.78 bits per heavy atom. The minimum atomic E-state index is -0.0689. The maximum Gasteiger partial charge on any atom is 0.253 e. The summed E-state index contributed by atoms with van der Waals surface area (Å²) in [5.41, 5.74) is 1.28. The van der Waals surface area contributed by atoms with Gasteiger partial charge in [0.15, 0.2) is 0 Å². The van der Waals surface area contributed by atoms with Crippen LogP contribution in [0.25, 0.3) is 0 Å². The molecule has 0 radical (unpaired) electrons. The fourth-order valence-corrected chi connectivity index (χ4v) is 1.70. The number of carbonyl (C=O) groups excluding carboxylic acids is 1. The van der Waals surface area contributed by atoms with Crippen molar-refractivity contribution < 1.29 is 14.6 Å². The molecule has 1 amide bonds. The fourth-order valence-electron chi connectivity index (χ4n) is 1.47. The molecule has 0 atom stereocenters. The molecule has 0 spiro atoms. The Bertz CT molecular complexity index is 409. The van der Waals surface area contributed by atoms with E-state index >= 15 is 0 Å². The lowest BCUT2D eigenvalue weighted by Crippen LogP contribution is -2.30. The predicted molar refractivity (Wildman–Crippen MR) is 74.4 cm³/mol. The molecule has 0 saturated carbocycles. The summed E-state index contributed by atoms with van der Waals surface area (Å²) in [5, 5.41) is 10.2. The number of ether oxygens (including phenoxy) is 1. The van der Waals surface area contributed by atoms with E-state index in [1.165, 1.54) is 6.07 Å². The van der Waals surface area contributed by atoms with Gasteiger partial charge in [0.1, 0.15) is 5.75 Å². The molecule has 0 unspecified atom stereocenters. The van der Waals surface area contributed by atoms with E-state index in [9.17, 15) is 9.90 Å². The van der Waals surface area contributed by atoms with Crippen molar-refractivity contribution in [2.45, 2.75) is 6.92 Å². The van der Waals surface area contributed by atoms with E-state index in [0.717, 1.165) is 5.33 Å². The van der Waals surface area contributed by atoms with Gasteiger partial charge in [-0.15, -0.1) is 0 Å². The van der Waals surface area contributed by atoms with Crippen LogP contribution in [0, 0.1) is 6.92 Å². The zero-order chi connectivity index (χ0) is 13.5. The van der Waals surface area contributed by atoms with Gasteiger partial charge in [0.05, 0.1) is 13.2 Å². The number of alkyl halides is 1. The number of halogens is 1. The van der Waals surface area contributed by atoms with Crippen LogP contribution in [-0.2, 0) is 4.74 Å². The summed E-state index contributed by atoms with van der Waals surface area (Å²) in [6, 6.07) is 4.85. The highest BCUT2D eigenvalue weighted by Gasteiger charge is 2.12. The summed E-state index contributed by atoms with van der Waals surface area (Å²) in [4.78, 5) is 13.7. The van der Waals surface area contributed by atoms with Gasteiger partial charge in [-0.3, -0.25) is 4.79 Å². The van der Waals surface area contributed by atoms with Crippen molar-refractivity contribution >= 4 is 21.8 Å². The van der Waals surface area contributed by atoms with Gasteiger partial charge in [-0.2, -0.15) is 0 Å². The van der Waals surface area contributed by atoms with E-state index in [-0.39, 0.29) is 11.7 Å². The fraction of sp³-hybridized carbons (Fsp3) is 0.462. The first-order valence-electron chi connectivity index (χ1n) is 5.75. The highest BCUT2D eigenvalue weighted by atomic mass is 79.9. The normalized spacial score (nSPS) is 10.4. The van der Waals surface area contributed by atoms with Gasteiger partial charge in [-0.25, -0.2) is 0 Å². The van der Waals surface area contributed by atoms with Gasteiger partial charge in [0.2, 0.25) is 0 Å². The van der Waals surface area contributed by atoms with Crippen molar-refractivity contribution in [3.8, 4) is 5.75 Å². The molecule has 1 N–H and O–H groups in total. The van der Waals surface area contributed by atoms with E-state index in [4.69, 9.17) is 4.74 Å². The summed E-state index contributed by atoms with van der Waals surface area (Å²) in [6.45, 7) is 3.47. The average Bonchev–Trinajstić information content (AvgIpc) is 2.37.